The molecule has 2 saturated heterocycles. The smallest absolute Gasteiger partial charge is 0.318 e. The molecule has 2 fully saturated rings. The molecule has 2 aliphatic heterocycles. The van der Waals surface area contributed by atoms with Crippen LogP contribution in [0.5, 0.6) is 0 Å². The van der Waals surface area contributed by atoms with Gasteiger partial charge in [0, 0.05) is 32.7 Å². The number of carbonyl (C=O) groups is 3. The zero-order chi connectivity index (χ0) is 24.4. The van der Waals surface area contributed by atoms with Gasteiger partial charge in [-0.1, -0.05) is 72.8 Å². The van der Waals surface area contributed by atoms with Crippen LogP contribution in [0.2, 0.25) is 0 Å². The third kappa shape index (κ3) is 4.62. The third-order valence-electron chi connectivity index (χ3n) is 6.88. The van der Waals surface area contributed by atoms with Crippen molar-refractivity contribution in [1.82, 2.24) is 25.6 Å². The molecule has 8 heteroatoms. The molecule has 0 aliphatic carbocycles. The van der Waals surface area contributed by atoms with E-state index >= 15 is 0 Å². The van der Waals surface area contributed by atoms with Crippen LogP contribution in [-0.4, -0.2) is 65.4 Å². The molecule has 5 rings (SSSR count). The minimum Gasteiger partial charge on any atom is -0.318 e. The van der Waals surface area contributed by atoms with Crippen LogP contribution in [-0.2, 0) is 21.7 Å². The molecule has 0 bridgehead atoms. The van der Waals surface area contributed by atoms with E-state index in [9.17, 15) is 14.4 Å². The van der Waals surface area contributed by atoms with E-state index in [0.29, 0.717) is 5.56 Å². The maximum absolute atomic E-state index is 13.0. The van der Waals surface area contributed by atoms with Gasteiger partial charge in [-0.15, -0.1) is 0 Å². The first kappa shape index (κ1) is 23.0. The number of benzene rings is 3. The van der Waals surface area contributed by atoms with Crippen molar-refractivity contribution >= 4 is 28.6 Å². The van der Waals surface area contributed by atoms with E-state index in [2.05, 4.69) is 58.1 Å². The predicted molar refractivity (Wildman–Crippen MR) is 133 cm³/mol. The van der Waals surface area contributed by atoms with E-state index in [1.165, 1.54) is 16.3 Å². The van der Waals surface area contributed by atoms with E-state index in [1.54, 1.807) is 31.2 Å². The van der Waals surface area contributed by atoms with Crippen LogP contribution in [0.15, 0.2) is 72.8 Å². The van der Waals surface area contributed by atoms with E-state index in [4.69, 9.17) is 0 Å². The van der Waals surface area contributed by atoms with Gasteiger partial charge in [0.05, 0.1) is 6.54 Å². The van der Waals surface area contributed by atoms with E-state index < -0.39 is 17.5 Å². The Kier molecular flexibility index (Phi) is 6.23. The molecule has 2 heterocycles. The quantitative estimate of drug-likeness (QED) is 0.540. The highest BCUT2D eigenvalue weighted by Crippen LogP contribution is 2.27. The lowest BCUT2D eigenvalue weighted by Crippen LogP contribution is -2.53. The topological polar surface area (TPSA) is 85.0 Å². The molecule has 8 nitrogen and oxygen atoms in total. The molecule has 2 aliphatic rings. The van der Waals surface area contributed by atoms with Gasteiger partial charge in [0.2, 0.25) is 0 Å². The highest BCUT2D eigenvalue weighted by Gasteiger charge is 2.50. The number of urea groups is 1. The lowest BCUT2D eigenvalue weighted by atomic mass is 9.92. The summed E-state index contributed by atoms with van der Waals surface area (Å²) in [6.07, 6.45) is 0. The predicted octanol–water partition coefficient (Wildman–Crippen LogP) is 2.46. The number of piperazine rings is 1. The van der Waals surface area contributed by atoms with Crippen molar-refractivity contribution in [3.05, 3.63) is 83.9 Å². The molecular formula is C27H29N5O3. The Balaban J connectivity index is 1.14. The molecule has 2 N–H and O–H groups in total. The van der Waals surface area contributed by atoms with Crippen LogP contribution in [0, 0.1) is 0 Å². The average molecular weight is 472 g/mol. The van der Waals surface area contributed by atoms with Gasteiger partial charge in [-0.3, -0.25) is 24.8 Å². The van der Waals surface area contributed by atoms with Crippen molar-refractivity contribution in [3.63, 3.8) is 0 Å². The lowest BCUT2D eigenvalue weighted by Gasteiger charge is -2.34. The van der Waals surface area contributed by atoms with E-state index in [0.717, 1.165) is 37.7 Å². The van der Waals surface area contributed by atoms with Gasteiger partial charge in [0.15, 0.2) is 0 Å². The lowest BCUT2D eigenvalue weighted by molar-refractivity contribution is -0.139. The number of nitrogens with zero attached hydrogens (tertiary/aromatic N) is 3. The maximum atomic E-state index is 13.0. The molecule has 4 amide bonds. The highest BCUT2D eigenvalue weighted by molar-refractivity contribution is 6.08. The molecule has 1 atom stereocenters. The summed E-state index contributed by atoms with van der Waals surface area (Å²) in [4.78, 5) is 42.6. The highest BCUT2D eigenvalue weighted by atomic mass is 16.2. The number of fused-ring (bicyclic) bond motifs is 1. The van der Waals surface area contributed by atoms with Gasteiger partial charge in [-0.05, 0) is 28.8 Å². The molecule has 3 aromatic carbocycles. The normalized spacial score (nSPS) is 21.3. The van der Waals surface area contributed by atoms with Gasteiger partial charge in [-0.2, -0.15) is 5.01 Å². The van der Waals surface area contributed by atoms with Crippen molar-refractivity contribution in [1.29, 1.82) is 0 Å². The molecule has 0 saturated carbocycles. The molecule has 35 heavy (non-hydrogen) atoms. The molecular weight excluding hydrogens is 442 g/mol. The fraction of sp³-hybridized carbons (Fsp3) is 0.296. The molecule has 0 aromatic heterocycles. The summed E-state index contributed by atoms with van der Waals surface area (Å²) in [6, 6.07) is 23.2. The second-order valence-electron chi connectivity index (χ2n) is 9.29. The number of hydrogen-bond acceptors (Lipinski definition) is 5. The number of rotatable bonds is 6. The number of nitrogens with one attached hydrogen (secondary N) is 2. The minimum absolute atomic E-state index is 0.126. The van der Waals surface area contributed by atoms with Gasteiger partial charge in [0.1, 0.15) is 5.54 Å². The Hall–Kier alpha value is -3.75. The van der Waals surface area contributed by atoms with Gasteiger partial charge in [0.25, 0.3) is 11.8 Å². The van der Waals surface area contributed by atoms with Crippen LogP contribution in [0.25, 0.3) is 10.8 Å². The van der Waals surface area contributed by atoms with Crippen LogP contribution in [0.3, 0.4) is 0 Å². The van der Waals surface area contributed by atoms with Gasteiger partial charge < -0.3 is 5.32 Å². The van der Waals surface area contributed by atoms with Crippen LogP contribution < -0.4 is 10.7 Å². The number of hydrazine groups is 1. The van der Waals surface area contributed by atoms with Crippen LogP contribution in [0.4, 0.5) is 4.79 Å². The van der Waals surface area contributed by atoms with Crippen molar-refractivity contribution < 1.29 is 14.4 Å². The number of carbonyl (C=O) groups excluding carboxylic acids is 3. The molecule has 3 aromatic rings. The Morgan fingerprint density at radius 2 is 1.54 bits per heavy atom. The first-order valence-electron chi connectivity index (χ1n) is 11.9. The van der Waals surface area contributed by atoms with Crippen LogP contribution >= 0.6 is 0 Å². The first-order valence-corrected chi connectivity index (χ1v) is 11.9. The molecule has 1 unspecified atom stereocenters. The van der Waals surface area contributed by atoms with Crippen molar-refractivity contribution in [3.8, 4) is 0 Å². The Bertz CT molecular complexity index is 1250. The zero-order valence-electron chi connectivity index (χ0n) is 19.7. The van der Waals surface area contributed by atoms with Crippen molar-refractivity contribution in [2.45, 2.75) is 19.0 Å². The summed E-state index contributed by atoms with van der Waals surface area (Å²) < 4.78 is 0. The number of hydrogen-bond donors (Lipinski definition) is 2. The maximum Gasteiger partial charge on any atom is 0.344 e. The SMILES string of the molecule is CC1(c2ccccc2)NC(=O)N(NC(=O)CN2CCN(Cc3cccc4ccccc34)CC2)C1=O. The third-order valence-corrected chi connectivity index (χ3v) is 6.88. The summed E-state index contributed by atoms with van der Waals surface area (Å²) in [7, 11) is 0. The summed E-state index contributed by atoms with van der Waals surface area (Å²) in [5.74, 6) is -0.879. The Morgan fingerprint density at radius 1 is 0.886 bits per heavy atom. The number of imide groups is 1. The summed E-state index contributed by atoms with van der Waals surface area (Å²) in [5.41, 5.74) is 3.25. The summed E-state index contributed by atoms with van der Waals surface area (Å²) in [5, 5.41) is 6.01. The van der Waals surface area contributed by atoms with Crippen LogP contribution in [0.1, 0.15) is 18.1 Å². The largest absolute Gasteiger partial charge is 0.344 e. The Labute approximate surface area is 204 Å². The fourth-order valence-electron chi connectivity index (χ4n) is 4.85. The van der Waals surface area contributed by atoms with Gasteiger partial charge >= 0.3 is 6.03 Å². The van der Waals surface area contributed by atoms with E-state index in [-0.39, 0.29) is 12.5 Å². The van der Waals surface area contributed by atoms with Crippen molar-refractivity contribution in [2.24, 2.45) is 0 Å². The standard InChI is InChI=1S/C27H29N5O3/c1-27(22-11-3-2-4-12-22)25(34)32(26(35)28-27)29-24(33)19-31-16-14-30(15-17-31)18-21-10-7-9-20-8-5-6-13-23(20)21/h2-13H,14-19H2,1H3,(H,28,35)(H,29,33). The minimum atomic E-state index is -1.21. The molecule has 180 valence electrons. The van der Waals surface area contributed by atoms with E-state index in [1.807, 2.05) is 11.0 Å². The second kappa shape index (κ2) is 9.48. The first-order chi connectivity index (χ1) is 16.9. The molecule has 0 radical (unpaired) electrons. The fourth-order valence-corrected chi connectivity index (χ4v) is 4.85. The summed E-state index contributed by atoms with van der Waals surface area (Å²) in [6.45, 7) is 5.78. The van der Waals surface area contributed by atoms with Crippen molar-refractivity contribution in [2.75, 3.05) is 32.7 Å². The molecule has 0 spiro atoms. The number of amides is 4. The van der Waals surface area contributed by atoms with Gasteiger partial charge in [-0.25, -0.2) is 4.79 Å². The average Bonchev–Trinajstić information content (AvgIpc) is 3.10. The Morgan fingerprint density at radius 3 is 2.31 bits per heavy atom. The second-order valence-corrected chi connectivity index (χ2v) is 9.29. The monoisotopic (exact) mass is 471 g/mol. The summed E-state index contributed by atoms with van der Waals surface area (Å²) >= 11 is 0. The zero-order valence-corrected chi connectivity index (χ0v) is 19.7.